The van der Waals surface area contributed by atoms with Crippen LogP contribution in [0.25, 0.3) is 0 Å². The number of carbonyl (C=O) groups is 2. The Morgan fingerprint density at radius 3 is 2.35 bits per heavy atom. The number of carboxylic acid groups (broad SMARTS) is 1. The van der Waals surface area contributed by atoms with Crippen LogP contribution in [0, 0.1) is 0 Å². The third-order valence-electron chi connectivity index (χ3n) is 3.52. The van der Waals surface area contributed by atoms with Crippen molar-refractivity contribution < 1.29 is 19.4 Å². The Labute approximate surface area is 102 Å². The molecule has 0 heterocycles. The fraction of sp³-hybridized carbons (Fsp3) is 0.833. The van der Waals surface area contributed by atoms with Gasteiger partial charge in [0.2, 0.25) is 5.91 Å². The van der Waals surface area contributed by atoms with Gasteiger partial charge in [0, 0.05) is 13.7 Å². The molecule has 5 nitrogen and oxygen atoms in total. The number of hydrogen-bond acceptors (Lipinski definition) is 3. The summed E-state index contributed by atoms with van der Waals surface area (Å²) in [6, 6.07) is 0. The monoisotopic (exact) mass is 243 g/mol. The third kappa shape index (κ3) is 2.97. The number of carbonyl (C=O) groups excluding carboxylic acids is 1. The van der Waals surface area contributed by atoms with Crippen LogP contribution in [0.2, 0.25) is 0 Å². The highest BCUT2D eigenvalue weighted by atomic mass is 16.5. The van der Waals surface area contributed by atoms with Gasteiger partial charge >= 0.3 is 5.97 Å². The maximum atomic E-state index is 11.8. The number of ether oxygens (including phenoxy) is 1. The van der Waals surface area contributed by atoms with Crippen molar-refractivity contribution in [1.29, 1.82) is 0 Å². The second kappa shape index (κ2) is 6.00. The average molecular weight is 243 g/mol. The first-order chi connectivity index (χ1) is 8.04. The number of aliphatic carboxylic acids is 1. The number of amides is 1. The molecular weight excluding hydrogens is 222 g/mol. The van der Waals surface area contributed by atoms with E-state index in [0.717, 1.165) is 19.3 Å². The summed E-state index contributed by atoms with van der Waals surface area (Å²) in [6.07, 6.45) is 3.84. The molecule has 1 fully saturated rings. The van der Waals surface area contributed by atoms with E-state index < -0.39 is 11.5 Å². The fourth-order valence-corrected chi connectivity index (χ4v) is 2.35. The van der Waals surface area contributed by atoms with Gasteiger partial charge in [-0.2, -0.15) is 0 Å². The standard InChI is InChI=1S/C12H21NO4/c1-3-17-9-10(14)13(2)12(11(15)16)7-5-4-6-8-12/h3-9H2,1-2H3,(H,15,16). The smallest absolute Gasteiger partial charge is 0.329 e. The molecule has 17 heavy (non-hydrogen) atoms. The highest BCUT2D eigenvalue weighted by Crippen LogP contribution is 2.33. The van der Waals surface area contributed by atoms with Crippen molar-refractivity contribution in [2.24, 2.45) is 0 Å². The molecule has 0 aromatic heterocycles. The lowest BCUT2D eigenvalue weighted by atomic mass is 9.80. The molecule has 1 N–H and O–H groups in total. The first-order valence-electron chi connectivity index (χ1n) is 6.12. The molecule has 0 bridgehead atoms. The lowest BCUT2D eigenvalue weighted by molar-refractivity contribution is -0.162. The Balaban J connectivity index is 2.76. The zero-order valence-electron chi connectivity index (χ0n) is 10.6. The van der Waals surface area contributed by atoms with Gasteiger partial charge in [0.25, 0.3) is 0 Å². The molecule has 0 atom stereocenters. The number of carboxylic acids is 1. The first kappa shape index (κ1) is 14.0. The molecular formula is C12H21NO4. The molecule has 1 rings (SSSR count). The maximum Gasteiger partial charge on any atom is 0.329 e. The summed E-state index contributed by atoms with van der Waals surface area (Å²) in [5.41, 5.74) is -1.02. The molecule has 0 aromatic rings. The van der Waals surface area contributed by atoms with Crippen LogP contribution < -0.4 is 0 Å². The molecule has 1 aliphatic carbocycles. The zero-order valence-corrected chi connectivity index (χ0v) is 10.6. The molecule has 1 saturated carbocycles. The lowest BCUT2D eigenvalue weighted by Crippen LogP contribution is -2.57. The van der Waals surface area contributed by atoms with Gasteiger partial charge in [-0.15, -0.1) is 0 Å². The predicted octanol–water partition coefficient (Wildman–Crippen LogP) is 1.27. The normalized spacial score (nSPS) is 18.7. The molecule has 0 unspecified atom stereocenters. The van der Waals surface area contributed by atoms with Crippen LogP contribution >= 0.6 is 0 Å². The quantitative estimate of drug-likeness (QED) is 0.789. The largest absolute Gasteiger partial charge is 0.479 e. The Morgan fingerprint density at radius 1 is 1.29 bits per heavy atom. The van der Waals surface area contributed by atoms with Gasteiger partial charge in [0.15, 0.2) is 0 Å². The van der Waals surface area contributed by atoms with Crippen LogP contribution in [0.5, 0.6) is 0 Å². The molecule has 0 aliphatic heterocycles. The minimum absolute atomic E-state index is 0.0397. The van der Waals surface area contributed by atoms with Gasteiger partial charge in [-0.05, 0) is 19.8 Å². The van der Waals surface area contributed by atoms with Gasteiger partial charge < -0.3 is 14.7 Å². The topological polar surface area (TPSA) is 66.8 Å². The van der Waals surface area contributed by atoms with E-state index in [-0.39, 0.29) is 12.5 Å². The van der Waals surface area contributed by atoms with Crippen molar-refractivity contribution in [3.05, 3.63) is 0 Å². The minimum Gasteiger partial charge on any atom is -0.479 e. The summed E-state index contributed by atoms with van der Waals surface area (Å²) in [7, 11) is 1.57. The van der Waals surface area contributed by atoms with E-state index in [0.29, 0.717) is 19.4 Å². The summed E-state index contributed by atoms with van der Waals surface area (Å²) in [5.74, 6) is -1.15. The van der Waals surface area contributed by atoms with Crippen LogP contribution in [0.4, 0.5) is 0 Å². The van der Waals surface area contributed by atoms with E-state index in [1.807, 2.05) is 0 Å². The van der Waals surface area contributed by atoms with Crippen LogP contribution in [0.15, 0.2) is 0 Å². The Bertz CT molecular complexity index is 284. The summed E-state index contributed by atoms with van der Waals surface area (Å²) >= 11 is 0. The molecule has 0 saturated heterocycles. The highest BCUT2D eigenvalue weighted by molar-refractivity contribution is 5.87. The molecule has 0 aromatic carbocycles. The molecule has 5 heteroatoms. The van der Waals surface area contributed by atoms with E-state index in [1.54, 1.807) is 14.0 Å². The number of rotatable bonds is 5. The van der Waals surface area contributed by atoms with Gasteiger partial charge in [0.1, 0.15) is 12.1 Å². The van der Waals surface area contributed by atoms with Crippen molar-refractivity contribution in [2.75, 3.05) is 20.3 Å². The Morgan fingerprint density at radius 2 is 1.88 bits per heavy atom. The summed E-state index contributed by atoms with van der Waals surface area (Å²) in [5, 5.41) is 9.40. The summed E-state index contributed by atoms with van der Waals surface area (Å²) in [4.78, 5) is 24.7. The fourth-order valence-electron chi connectivity index (χ4n) is 2.35. The van der Waals surface area contributed by atoms with E-state index >= 15 is 0 Å². The van der Waals surface area contributed by atoms with Crippen LogP contribution in [0.3, 0.4) is 0 Å². The molecule has 98 valence electrons. The zero-order chi connectivity index (χ0) is 12.9. The summed E-state index contributed by atoms with van der Waals surface area (Å²) in [6.45, 7) is 2.22. The van der Waals surface area contributed by atoms with Gasteiger partial charge in [-0.3, -0.25) is 4.79 Å². The van der Waals surface area contributed by atoms with E-state index in [1.165, 1.54) is 4.90 Å². The average Bonchev–Trinajstić information content (AvgIpc) is 2.35. The van der Waals surface area contributed by atoms with Crippen molar-refractivity contribution in [3.63, 3.8) is 0 Å². The third-order valence-corrected chi connectivity index (χ3v) is 3.52. The number of likely N-dealkylation sites (N-methyl/N-ethyl adjacent to an activating group) is 1. The predicted molar refractivity (Wildman–Crippen MR) is 62.7 cm³/mol. The molecule has 1 amide bonds. The van der Waals surface area contributed by atoms with Crippen molar-refractivity contribution in [2.45, 2.75) is 44.6 Å². The second-order valence-electron chi connectivity index (χ2n) is 4.49. The Hall–Kier alpha value is -1.10. The van der Waals surface area contributed by atoms with Crippen LogP contribution in [-0.4, -0.2) is 47.7 Å². The van der Waals surface area contributed by atoms with Crippen molar-refractivity contribution in [3.8, 4) is 0 Å². The number of hydrogen-bond donors (Lipinski definition) is 1. The highest BCUT2D eigenvalue weighted by Gasteiger charge is 2.45. The molecule has 0 spiro atoms. The van der Waals surface area contributed by atoms with Gasteiger partial charge in [-0.1, -0.05) is 19.3 Å². The SMILES string of the molecule is CCOCC(=O)N(C)C1(C(=O)O)CCCCC1. The van der Waals surface area contributed by atoms with Crippen molar-refractivity contribution >= 4 is 11.9 Å². The maximum absolute atomic E-state index is 11.8. The van der Waals surface area contributed by atoms with Gasteiger partial charge in [0.05, 0.1) is 0 Å². The van der Waals surface area contributed by atoms with E-state index in [2.05, 4.69) is 0 Å². The van der Waals surface area contributed by atoms with E-state index in [9.17, 15) is 14.7 Å². The van der Waals surface area contributed by atoms with Crippen LogP contribution in [-0.2, 0) is 14.3 Å². The molecule has 1 aliphatic rings. The number of nitrogens with zero attached hydrogens (tertiary/aromatic N) is 1. The van der Waals surface area contributed by atoms with Crippen molar-refractivity contribution in [1.82, 2.24) is 4.90 Å². The first-order valence-corrected chi connectivity index (χ1v) is 6.12. The van der Waals surface area contributed by atoms with Gasteiger partial charge in [-0.25, -0.2) is 4.79 Å². The Kier molecular flexibility index (Phi) is 4.93. The van der Waals surface area contributed by atoms with E-state index in [4.69, 9.17) is 4.74 Å². The molecule has 0 radical (unpaired) electrons. The van der Waals surface area contributed by atoms with Crippen LogP contribution in [0.1, 0.15) is 39.0 Å². The lowest BCUT2D eigenvalue weighted by Gasteiger charge is -2.40. The summed E-state index contributed by atoms with van der Waals surface area (Å²) < 4.78 is 5.05. The minimum atomic E-state index is -1.02. The second-order valence-corrected chi connectivity index (χ2v) is 4.49.